The lowest BCUT2D eigenvalue weighted by atomic mass is 10.1. The van der Waals surface area contributed by atoms with Crippen molar-refractivity contribution in [2.75, 3.05) is 13.2 Å². The van der Waals surface area contributed by atoms with E-state index in [2.05, 4.69) is 0 Å². The minimum atomic E-state index is -3.61. The van der Waals surface area contributed by atoms with Gasteiger partial charge in [0.25, 0.3) is 0 Å². The van der Waals surface area contributed by atoms with Crippen LogP contribution >= 0.6 is 36.4 Å². The van der Waals surface area contributed by atoms with Crippen LogP contribution in [0.3, 0.4) is 0 Å². The smallest absolute Gasteiger partial charge is 0.417 e. The summed E-state index contributed by atoms with van der Waals surface area (Å²) in [6.07, 6.45) is 0.468. The second-order valence-corrected chi connectivity index (χ2v) is 17.3. The van der Waals surface area contributed by atoms with Crippen molar-refractivity contribution in [3.05, 3.63) is 132 Å². The summed E-state index contributed by atoms with van der Waals surface area (Å²) >= 11 is 2.15. The molecule has 0 saturated carbocycles. The molecule has 0 radical (unpaired) electrons. The van der Waals surface area contributed by atoms with Crippen LogP contribution in [0.1, 0.15) is 18.1 Å². The highest BCUT2D eigenvalue weighted by Gasteiger charge is 2.30. The second kappa shape index (κ2) is 14.7. The summed E-state index contributed by atoms with van der Waals surface area (Å²) < 4.78 is 51.3. The predicted octanol–water partition coefficient (Wildman–Crippen LogP) is 11.0. The molecule has 0 saturated heterocycles. The van der Waals surface area contributed by atoms with Crippen molar-refractivity contribution in [1.82, 2.24) is 0 Å². The normalized spacial score (nSPS) is 14.1. The van der Waals surface area contributed by atoms with Gasteiger partial charge in [-0.15, -0.1) is 0 Å². The Morgan fingerprint density at radius 3 is 2.09 bits per heavy atom. The Balaban J connectivity index is 1.27. The van der Waals surface area contributed by atoms with E-state index in [1.807, 2.05) is 116 Å². The van der Waals surface area contributed by atoms with Crippen molar-refractivity contribution in [3.8, 4) is 11.5 Å². The number of hydrogen-bond acceptors (Lipinski definition) is 8. The minimum Gasteiger partial charge on any atom is -0.417 e. The maximum atomic E-state index is 13.9. The zero-order valence-electron chi connectivity index (χ0n) is 23.8. The van der Waals surface area contributed by atoms with Gasteiger partial charge in [-0.25, -0.2) is 9.13 Å². The van der Waals surface area contributed by atoms with Crippen LogP contribution in [0, 0.1) is 6.92 Å². The van der Waals surface area contributed by atoms with Gasteiger partial charge in [0.05, 0.1) is 13.2 Å². The molecule has 0 spiro atoms. The third-order valence-electron chi connectivity index (χ3n) is 6.25. The molecule has 222 valence electrons. The maximum absolute atomic E-state index is 13.9. The zero-order chi connectivity index (χ0) is 30.1. The van der Waals surface area contributed by atoms with E-state index in [1.54, 1.807) is 19.1 Å². The van der Waals surface area contributed by atoms with Crippen molar-refractivity contribution in [2.24, 2.45) is 0 Å². The highest BCUT2D eigenvalue weighted by atomic mass is 32.7. The van der Waals surface area contributed by atoms with Crippen LogP contribution in [0.25, 0.3) is 10.8 Å². The lowest BCUT2D eigenvalue weighted by Gasteiger charge is -2.20. The molecule has 5 rings (SSSR count). The topological polar surface area (TPSA) is 71.1 Å². The molecule has 0 aromatic heterocycles. The van der Waals surface area contributed by atoms with Crippen LogP contribution in [0.5, 0.6) is 11.5 Å². The summed E-state index contributed by atoms with van der Waals surface area (Å²) in [7, 11) is 0. The standard InChI is InChI=1S/C33H32O6P2S2/c1-3-36-40(34,38-30-21-20-28-14-8-9-15-29(28)25-30)43-32-18-11-13-27(24-32)22-23-37-41(35,42-31-16-5-4-6-17-31)39-33-19-10-7-12-26(33)2/h4-21,24-25H,3,22-23H2,1-2H3. The van der Waals surface area contributed by atoms with Crippen molar-refractivity contribution in [3.63, 3.8) is 0 Å². The maximum Gasteiger partial charge on any atom is 0.444 e. The number of hydrogen-bond donors (Lipinski definition) is 0. The molecule has 43 heavy (non-hydrogen) atoms. The van der Waals surface area contributed by atoms with Gasteiger partial charge < -0.3 is 9.05 Å². The second-order valence-electron chi connectivity index (χ2n) is 9.50. The highest BCUT2D eigenvalue weighted by Crippen LogP contribution is 2.64. The number of fused-ring (bicyclic) bond motifs is 1. The summed E-state index contributed by atoms with van der Waals surface area (Å²) in [5.41, 5.74) is 1.79. The van der Waals surface area contributed by atoms with E-state index in [1.165, 1.54) is 0 Å². The molecule has 0 aliphatic heterocycles. The Hall–Kier alpha value is -2.96. The largest absolute Gasteiger partial charge is 0.444 e. The highest BCUT2D eigenvalue weighted by molar-refractivity contribution is 8.55. The molecule has 5 aromatic rings. The van der Waals surface area contributed by atoms with E-state index in [9.17, 15) is 9.13 Å². The van der Waals surface area contributed by atoms with E-state index >= 15 is 0 Å². The first kappa shape index (κ1) is 31.5. The zero-order valence-corrected chi connectivity index (χ0v) is 27.3. The number of rotatable bonds is 14. The van der Waals surface area contributed by atoms with Gasteiger partial charge >= 0.3 is 13.6 Å². The van der Waals surface area contributed by atoms with Crippen molar-refractivity contribution in [2.45, 2.75) is 30.1 Å². The molecule has 0 N–H and O–H groups in total. The molecule has 0 fully saturated rings. The van der Waals surface area contributed by atoms with Crippen LogP contribution in [-0.4, -0.2) is 13.2 Å². The van der Waals surface area contributed by atoms with E-state index in [-0.39, 0.29) is 13.2 Å². The fourth-order valence-corrected chi connectivity index (χ4v) is 10.9. The minimum absolute atomic E-state index is 0.161. The summed E-state index contributed by atoms with van der Waals surface area (Å²) in [4.78, 5) is 1.52. The third-order valence-corrected chi connectivity index (χ3v) is 13.3. The Labute approximate surface area is 260 Å². The predicted molar refractivity (Wildman–Crippen MR) is 177 cm³/mol. The molecule has 0 aliphatic rings. The van der Waals surface area contributed by atoms with Gasteiger partial charge in [-0.2, -0.15) is 0 Å². The summed E-state index contributed by atoms with van der Waals surface area (Å²) in [5, 5.41) is 2.06. The van der Waals surface area contributed by atoms with Gasteiger partial charge in [0.2, 0.25) is 0 Å². The fourth-order valence-electron chi connectivity index (χ4n) is 4.21. The molecule has 10 heteroatoms. The lowest BCUT2D eigenvalue weighted by molar-refractivity contribution is 0.283. The summed E-state index contributed by atoms with van der Waals surface area (Å²) in [6.45, 7) is -3.10. The van der Waals surface area contributed by atoms with E-state index in [4.69, 9.17) is 18.1 Å². The van der Waals surface area contributed by atoms with E-state index in [0.717, 1.165) is 54.5 Å². The molecule has 2 atom stereocenters. The lowest BCUT2D eigenvalue weighted by Crippen LogP contribution is -2.01. The molecule has 2 unspecified atom stereocenters. The third kappa shape index (κ3) is 9.02. The van der Waals surface area contributed by atoms with Crippen LogP contribution in [-0.2, 0) is 24.6 Å². The number of aryl methyl sites for hydroxylation is 1. The van der Waals surface area contributed by atoms with Gasteiger partial charge in [0, 0.05) is 32.6 Å². The van der Waals surface area contributed by atoms with Gasteiger partial charge in [0.15, 0.2) is 0 Å². The van der Waals surface area contributed by atoms with Gasteiger partial charge in [-0.3, -0.25) is 9.05 Å². The Morgan fingerprint density at radius 1 is 0.628 bits per heavy atom. The quantitative estimate of drug-likeness (QED) is 0.110. The molecule has 0 amide bonds. The Kier molecular flexibility index (Phi) is 10.7. The summed E-state index contributed by atoms with van der Waals surface area (Å²) in [5.74, 6) is 0.999. The van der Waals surface area contributed by atoms with Gasteiger partial charge in [-0.1, -0.05) is 78.9 Å². The Bertz CT molecular complexity index is 1770. The van der Waals surface area contributed by atoms with Crippen LogP contribution in [0.15, 0.2) is 131 Å². The first-order chi connectivity index (χ1) is 20.8. The molecular formula is C33H32O6P2S2. The fraction of sp³-hybridized carbons (Fsp3) is 0.152. The average Bonchev–Trinajstić information content (AvgIpc) is 2.99. The molecule has 5 aromatic carbocycles. The summed E-state index contributed by atoms with van der Waals surface area (Å²) in [6, 6.07) is 38.0. The van der Waals surface area contributed by atoms with Crippen molar-refractivity contribution < 1.29 is 27.2 Å². The SMILES string of the molecule is CCOP(=O)(Oc1ccc2ccccc2c1)Sc1cccc(CCOP(=O)(Oc2ccccc2C)Sc2ccccc2)c1. The number of benzene rings is 5. The monoisotopic (exact) mass is 650 g/mol. The van der Waals surface area contributed by atoms with Crippen molar-refractivity contribution in [1.29, 1.82) is 0 Å². The number of para-hydroxylation sites is 1. The molecular weight excluding hydrogens is 618 g/mol. The van der Waals surface area contributed by atoms with E-state index in [0.29, 0.717) is 17.9 Å². The van der Waals surface area contributed by atoms with Crippen LogP contribution < -0.4 is 9.05 Å². The van der Waals surface area contributed by atoms with E-state index < -0.39 is 13.6 Å². The molecule has 0 heterocycles. The first-order valence-electron chi connectivity index (χ1n) is 13.8. The average molecular weight is 651 g/mol. The van der Waals surface area contributed by atoms with Crippen LogP contribution in [0.2, 0.25) is 0 Å². The molecule has 6 nitrogen and oxygen atoms in total. The molecule has 0 bridgehead atoms. The Morgan fingerprint density at radius 2 is 1.30 bits per heavy atom. The molecule has 0 aliphatic carbocycles. The first-order valence-corrected chi connectivity index (χ1v) is 19.7. The van der Waals surface area contributed by atoms with Gasteiger partial charge in [0.1, 0.15) is 11.5 Å². The van der Waals surface area contributed by atoms with Crippen molar-refractivity contribution >= 4 is 47.1 Å². The van der Waals surface area contributed by atoms with Crippen LogP contribution in [0.4, 0.5) is 0 Å². The van der Waals surface area contributed by atoms with Gasteiger partial charge in [-0.05, 0) is 84.6 Å².